The summed E-state index contributed by atoms with van der Waals surface area (Å²) in [5.74, 6) is 0. The summed E-state index contributed by atoms with van der Waals surface area (Å²) in [4.78, 5) is 12.6. The van der Waals surface area contributed by atoms with Gasteiger partial charge in [0.05, 0.1) is 6.10 Å². The highest BCUT2D eigenvalue weighted by Crippen LogP contribution is 2.38. The van der Waals surface area contributed by atoms with E-state index in [9.17, 15) is 4.79 Å². The summed E-state index contributed by atoms with van der Waals surface area (Å²) in [5.41, 5.74) is 0.702. The van der Waals surface area contributed by atoms with Gasteiger partial charge in [0.2, 0.25) is 0 Å². The zero-order valence-electron chi connectivity index (χ0n) is 22.6. The van der Waals surface area contributed by atoms with Gasteiger partial charge < -0.3 is 14.5 Å². The SMILES string of the molecule is CC(C)(C)OC(=O)NCC(CCc1ccccc1)O[Si](c1ccccc1)(c1ccccc1)C(C)(C)C. The van der Waals surface area contributed by atoms with Gasteiger partial charge >= 0.3 is 6.09 Å². The molecule has 3 rings (SSSR count). The van der Waals surface area contributed by atoms with Crippen LogP contribution in [0.5, 0.6) is 0 Å². The van der Waals surface area contributed by atoms with Crippen molar-refractivity contribution in [3.8, 4) is 0 Å². The molecule has 3 aromatic carbocycles. The van der Waals surface area contributed by atoms with Crippen molar-refractivity contribution < 1.29 is 14.0 Å². The van der Waals surface area contributed by atoms with Gasteiger partial charge in [-0.3, -0.25) is 0 Å². The number of ether oxygens (including phenoxy) is 1. The lowest BCUT2D eigenvalue weighted by molar-refractivity contribution is 0.0495. The summed E-state index contributed by atoms with van der Waals surface area (Å²) in [6.45, 7) is 12.8. The van der Waals surface area contributed by atoms with E-state index in [1.807, 2.05) is 39.0 Å². The highest BCUT2D eigenvalue weighted by atomic mass is 28.4. The van der Waals surface area contributed by atoms with Gasteiger partial charge in [0, 0.05) is 6.54 Å². The molecule has 0 saturated heterocycles. The zero-order chi connectivity index (χ0) is 26.2. The first-order valence-electron chi connectivity index (χ1n) is 12.8. The fourth-order valence-electron chi connectivity index (χ4n) is 4.63. The molecule has 1 unspecified atom stereocenters. The number of carbonyl (C=O) groups excluding carboxylic acids is 1. The van der Waals surface area contributed by atoms with Gasteiger partial charge in [-0.05, 0) is 54.6 Å². The molecule has 0 saturated carbocycles. The Balaban J connectivity index is 1.99. The minimum atomic E-state index is -2.76. The molecule has 1 N–H and O–H groups in total. The topological polar surface area (TPSA) is 47.6 Å². The molecule has 36 heavy (non-hydrogen) atoms. The highest BCUT2D eigenvalue weighted by molar-refractivity contribution is 6.99. The van der Waals surface area contributed by atoms with Crippen LogP contribution in [0, 0.1) is 0 Å². The van der Waals surface area contributed by atoms with Crippen molar-refractivity contribution in [3.63, 3.8) is 0 Å². The van der Waals surface area contributed by atoms with Crippen LogP contribution in [-0.2, 0) is 15.6 Å². The molecule has 0 spiro atoms. The van der Waals surface area contributed by atoms with E-state index in [1.54, 1.807) is 0 Å². The van der Waals surface area contributed by atoms with Crippen molar-refractivity contribution in [1.82, 2.24) is 5.32 Å². The third-order valence-corrected chi connectivity index (χ3v) is 11.3. The lowest BCUT2D eigenvalue weighted by atomic mass is 10.1. The van der Waals surface area contributed by atoms with Gasteiger partial charge in [-0.1, -0.05) is 112 Å². The molecular formula is C31H41NO3Si. The second-order valence-electron chi connectivity index (χ2n) is 11.3. The molecule has 0 heterocycles. The molecule has 0 aromatic heterocycles. The van der Waals surface area contributed by atoms with Crippen LogP contribution in [0.4, 0.5) is 4.79 Å². The summed E-state index contributed by atoms with van der Waals surface area (Å²) in [5, 5.41) is 5.30. The Morgan fingerprint density at radius 2 is 1.25 bits per heavy atom. The molecule has 0 aliphatic heterocycles. The molecule has 0 aliphatic rings. The third-order valence-electron chi connectivity index (χ3n) is 6.23. The van der Waals surface area contributed by atoms with Gasteiger partial charge in [0.25, 0.3) is 8.32 Å². The fraction of sp³-hybridized carbons (Fsp3) is 0.387. The smallest absolute Gasteiger partial charge is 0.407 e. The van der Waals surface area contributed by atoms with E-state index in [0.717, 1.165) is 12.8 Å². The maximum absolute atomic E-state index is 12.6. The van der Waals surface area contributed by atoms with Crippen LogP contribution in [-0.4, -0.2) is 32.7 Å². The lowest BCUT2D eigenvalue weighted by Gasteiger charge is -2.45. The van der Waals surface area contributed by atoms with Crippen molar-refractivity contribution in [2.75, 3.05) is 6.54 Å². The highest BCUT2D eigenvalue weighted by Gasteiger charge is 2.51. The Hall–Kier alpha value is -2.89. The van der Waals surface area contributed by atoms with Gasteiger partial charge in [-0.2, -0.15) is 0 Å². The normalized spacial score (nSPS) is 13.2. The van der Waals surface area contributed by atoms with Crippen molar-refractivity contribution in [2.24, 2.45) is 0 Å². The largest absolute Gasteiger partial charge is 0.444 e. The average molecular weight is 504 g/mol. The summed E-state index contributed by atoms with van der Waals surface area (Å²) >= 11 is 0. The van der Waals surface area contributed by atoms with Crippen LogP contribution >= 0.6 is 0 Å². The Morgan fingerprint density at radius 1 is 0.778 bits per heavy atom. The van der Waals surface area contributed by atoms with E-state index in [2.05, 4.69) is 98.9 Å². The molecule has 0 aliphatic carbocycles. The minimum Gasteiger partial charge on any atom is -0.444 e. The number of alkyl carbamates (subject to hydrolysis) is 1. The fourth-order valence-corrected chi connectivity index (χ4v) is 9.34. The quantitative estimate of drug-likeness (QED) is 0.360. The molecule has 0 radical (unpaired) electrons. The maximum atomic E-state index is 12.6. The molecule has 1 amide bonds. The lowest BCUT2D eigenvalue weighted by Crippen LogP contribution is -2.68. The first-order chi connectivity index (χ1) is 17.0. The summed E-state index contributed by atoms with van der Waals surface area (Å²) in [7, 11) is -2.76. The minimum absolute atomic E-state index is 0.146. The summed E-state index contributed by atoms with van der Waals surface area (Å²) in [6, 6.07) is 31.7. The first kappa shape index (κ1) is 27.7. The van der Waals surface area contributed by atoms with E-state index < -0.39 is 20.0 Å². The predicted octanol–water partition coefficient (Wildman–Crippen LogP) is 6.09. The van der Waals surface area contributed by atoms with Crippen LogP contribution in [0.1, 0.15) is 53.5 Å². The molecule has 192 valence electrons. The standard InChI is InChI=1S/C31H41NO3Si/c1-30(2,3)34-29(33)32-24-26(23-22-25-16-10-7-11-17-25)35-36(31(4,5)6,27-18-12-8-13-19-27)28-20-14-9-15-21-28/h7-21,26H,22-24H2,1-6H3,(H,32,33). The second kappa shape index (κ2) is 11.9. The van der Waals surface area contributed by atoms with Crippen LogP contribution in [0.25, 0.3) is 0 Å². The third kappa shape index (κ3) is 7.31. The van der Waals surface area contributed by atoms with Gasteiger partial charge in [0.1, 0.15) is 5.60 Å². The number of amides is 1. The van der Waals surface area contributed by atoms with Crippen molar-refractivity contribution in [1.29, 1.82) is 0 Å². The number of hydrogen-bond donors (Lipinski definition) is 1. The number of hydrogen-bond acceptors (Lipinski definition) is 3. The molecule has 0 bridgehead atoms. The monoisotopic (exact) mass is 503 g/mol. The van der Waals surface area contributed by atoms with E-state index in [0.29, 0.717) is 6.54 Å². The Morgan fingerprint density at radius 3 is 1.69 bits per heavy atom. The first-order valence-corrected chi connectivity index (χ1v) is 14.7. The average Bonchev–Trinajstić information content (AvgIpc) is 2.83. The molecular weight excluding hydrogens is 462 g/mol. The van der Waals surface area contributed by atoms with Gasteiger partial charge in [-0.25, -0.2) is 4.79 Å². The number of aryl methyl sites for hydroxylation is 1. The van der Waals surface area contributed by atoms with E-state index in [-0.39, 0.29) is 11.1 Å². The van der Waals surface area contributed by atoms with Crippen LogP contribution < -0.4 is 15.7 Å². The summed E-state index contributed by atoms with van der Waals surface area (Å²) < 4.78 is 12.9. The van der Waals surface area contributed by atoms with Crippen molar-refractivity contribution in [2.45, 2.75) is 71.1 Å². The van der Waals surface area contributed by atoms with Gasteiger partial charge in [0.15, 0.2) is 0 Å². The Labute approximate surface area is 218 Å². The number of carbonyl (C=O) groups is 1. The number of benzene rings is 3. The second-order valence-corrected chi connectivity index (χ2v) is 15.6. The molecule has 3 aromatic rings. The van der Waals surface area contributed by atoms with Gasteiger partial charge in [-0.15, -0.1) is 0 Å². The number of rotatable bonds is 9. The zero-order valence-corrected chi connectivity index (χ0v) is 23.6. The van der Waals surface area contributed by atoms with Crippen LogP contribution in [0.15, 0.2) is 91.0 Å². The number of nitrogens with one attached hydrogen (secondary N) is 1. The van der Waals surface area contributed by atoms with E-state index in [1.165, 1.54) is 15.9 Å². The van der Waals surface area contributed by atoms with Crippen LogP contribution in [0.3, 0.4) is 0 Å². The van der Waals surface area contributed by atoms with E-state index in [4.69, 9.17) is 9.16 Å². The predicted molar refractivity (Wildman–Crippen MR) is 151 cm³/mol. The Kier molecular flexibility index (Phi) is 9.15. The maximum Gasteiger partial charge on any atom is 0.407 e. The molecule has 5 heteroatoms. The van der Waals surface area contributed by atoms with Crippen molar-refractivity contribution in [3.05, 3.63) is 96.6 Å². The van der Waals surface area contributed by atoms with Crippen molar-refractivity contribution >= 4 is 24.8 Å². The Bertz CT molecular complexity index is 1030. The molecule has 1 atom stereocenters. The molecule has 0 fully saturated rings. The van der Waals surface area contributed by atoms with E-state index >= 15 is 0 Å². The van der Waals surface area contributed by atoms with Crippen LogP contribution in [0.2, 0.25) is 5.04 Å². The molecule has 4 nitrogen and oxygen atoms in total. The summed E-state index contributed by atoms with van der Waals surface area (Å²) in [6.07, 6.45) is 1.03.